The van der Waals surface area contributed by atoms with Crippen LogP contribution in [0.5, 0.6) is 0 Å². The van der Waals surface area contributed by atoms with Crippen LogP contribution < -0.4 is 10.0 Å². The maximum absolute atomic E-state index is 13.3. The maximum atomic E-state index is 13.3. The van der Waals surface area contributed by atoms with Gasteiger partial charge in [0.15, 0.2) is 0 Å². The molecule has 0 saturated carbocycles. The zero-order valence-corrected chi connectivity index (χ0v) is 11.0. The predicted octanol–water partition coefficient (Wildman–Crippen LogP) is 1.09. The Labute approximate surface area is 102 Å². The van der Waals surface area contributed by atoms with Crippen molar-refractivity contribution in [3.63, 3.8) is 0 Å². The molecule has 2 N–H and O–H groups in total. The lowest BCUT2D eigenvalue weighted by Gasteiger charge is -2.07. The first-order valence-electron chi connectivity index (χ1n) is 4.56. The Kier molecular flexibility index (Phi) is 4.85. The van der Waals surface area contributed by atoms with Crippen LogP contribution in [0.1, 0.15) is 0 Å². The van der Waals surface area contributed by atoms with Crippen LogP contribution in [-0.2, 0) is 10.0 Å². The van der Waals surface area contributed by atoms with Crippen molar-refractivity contribution in [3.05, 3.63) is 28.5 Å². The lowest BCUT2D eigenvalue weighted by Crippen LogP contribution is -2.31. The molecule has 0 spiro atoms. The molecule has 0 aliphatic rings. The molecular weight excluding hydrogens is 299 g/mol. The SMILES string of the molecule is CNCCNS(=O)(=O)c1cc(Br)ccc1F. The maximum Gasteiger partial charge on any atom is 0.243 e. The third-order valence-corrected chi connectivity index (χ3v) is 3.82. The van der Waals surface area contributed by atoms with Gasteiger partial charge < -0.3 is 5.32 Å². The van der Waals surface area contributed by atoms with E-state index >= 15 is 0 Å². The van der Waals surface area contributed by atoms with Gasteiger partial charge in [0.25, 0.3) is 0 Å². The van der Waals surface area contributed by atoms with Crippen molar-refractivity contribution >= 4 is 26.0 Å². The van der Waals surface area contributed by atoms with Crippen molar-refractivity contribution < 1.29 is 12.8 Å². The van der Waals surface area contributed by atoms with Crippen LogP contribution in [0, 0.1) is 5.82 Å². The fraction of sp³-hybridized carbons (Fsp3) is 0.333. The fourth-order valence-electron chi connectivity index (χ4n) is 1.07. The van der Waals surface area contributed by atoms with Crippen LogP contribution >= 0.6 is 15.9 Å². The molecular formula is C9H12BrFN2O2S. The van der Waals surface area contributed by atoms with Gasteiger partial charge in [-0.1, -0.05) is 15.9 Å². The number of likely N-dealkylation sites (N-methyl/N-ethyl adjacent to an activating group) is 1. The van der Waals surface area contributed by atoms with E-state index in [1.807, 2.05) is 0 Å². The topological polar surface area (TPSA) is 58.2 Å². The first kappa shape index (κ1) is 13.6. The second kappa shape index (κ2) is 5.72. The van der Waals surface area contributed by atoms with Gasteiger partial charge in [0.05, 0.1) is 0 Å². The summed E-state index contributed by atoms with van der Waals surface area (Å²) in [5, 5.41) is 2.79. The molecule has 0 amide bonds. The van der Waals surface area contributed by atoms with Gasteiger partial charge in [0.2, 0.25) is 10.0 Å². The van der Waals surface area contributed by atoms with E-state index in [1.165, 1.54) is 12.1 Å². The average Bonchev–Trinajstić information content (AvgIpc) is 2.22. The lowest BCUT2D eigenvalue weighted by molar-refractivity contribution is 0.555. The summed E-state index contributed by atoms with van der Waals surface area (Å²) >= 11 is 3.10. The number of nitrogens with one attached hydrogen (secondary N) is 2. The van der Waals surface area contributed by atoms with E-state index in [0.29, 0.717) is 11.0 Å². The minimum absolute atomic E-state index is 0.213. The van der Waals surface area contributed by atoms with Gasteiger partial charge in [0.1, 0.15) is 10.7 Å². The number of sulfonamides is 1. The molecule has 0 aromatic heterocycles. The minimum Gasteiger partial charge on any atom is -0.318 e. The molecule has 0 fully saturated rings. The minimum atomic E-state index is -3.78. The molecule has 1 aromatic carbocycles. The van der Waals surface area contributed by atoms with Gasteiger partial charge in [0, 0.05) is 17.6 Å². The summed E-state index contributed by atoms with van der Waals surface area (Å²) < 4.78 is 39.5. The molecule has 1 aromatic rings. The van der Waals surface area contributed by atoms with Crippen molar-refractivity contribution in [1.82, 2.24) is 10.0 Å². The van der Waals surface area contributed by atoms with Gasteiger partial charge in [-0.25, -0.2) is 17.5 Å². The smallest absolute Gasteiger partial charge is 0.243 e. The number of hydrogen-bond acceptors (Lipinski definition) is 3. The van der Waals surface area contributed by atoms with E-state index in [0.717, 1.165) is 6.07 Å². The van der Waals surface area contributed by atoms with Crippen LogP contribution in [0.25, 0.3) is 0 Å². The summed E-state index contributed by atoms with van der Waals surface area (Å²) in [6.45, 7) is 0.694. The highest BCUT2D eigenvalue weighted by Crippen LogP contribution is 2.19. The van der Waals surface area contributed by atoms with Crippen LogP contribution in [0.15, 0.2) is 27.6 Å². The zero-order chi connectivity index (χ0) is 12.2. The predicted molar refractivity (Wildman–Crippen MR) is 63.2 cm³/mol. The van der Waals surface area contributed by atoms with Crippen LogP contribution in [-0.4, -0.2) is 28.6 Å². The third kappa shape index (κ3) is 3.51. The highest BCUT2D eigenvalue weighted by Gasteiger charge is 2.18. The average molecular weight is 311 g/mol. The highest BCUT2D eigenvalue weighted by molar-refractivity contribution is 9.10. The van der Waals surface area contributed by atoms with E-state index in [4.69, 9.17) is 0 Å². The van der Waals surface area contributed by atoms with E-state index in [-0.39, 0.29) is 11.4 Å². The first-order valence-corrected chi connectivity index (χ1v) is 6.84. The molecule has 0 atom stereocenters. The second-order valence-electron chi connectivity index (χ2n) is 3.08. The van der Waals surface area contributed by atoms with Crippen molar-refractivity contribution in [2.45, 2.75) is 4.90 Å². The van der Waals surface area contributed by atoms with Crippen molar-refractivity contribution in [3.8, 4) is 0 Å². The summed E-state index contributed by atoms with van der Waals surface area (Å²) in [5.74, 6) is -0.764. The Morgan fingerprint density at radius 2 is 2.06 bits per heavy atom. The third-order valence-electron chi connectivity index (χ3n) is 1.85. The molecule has 0 saturated heterocycles. The second-order valence-corrected chi connectivity index (χ2v) is 5.73. The summed E-state index contributed by atoms with van der Waals surface area (Å²) in [6.07, 6.45) is 0. The van der Waals surface area contributed by atoms with Gasteiger partial charge in [-0.2, -0.15) is 0 Å². The van der Waals surface area contributed by atoms with E-state index in [9.17, 15) is 12.8 Å². The molecule has 90 valence electrons. The van der Waals surface area contributed by atoms with E-state index in [2.05, 4.69) is 26.0 Å². The molecule has 0 bridgehead atoms. The highest BCUT2D eigenvalue weighted by atomic mass is 79.9. The first-order chi connectivity index (χ1) is 7.47. The van der Waals surface area contributed by atoms with Crippen LogP contribution in [0.4, 0.5) is 4.39 Å². The Hall–Kier alpha value is -0.500. The van der Waals surface area contributed by atoms with Crippen LogP contribution in [0.3, 0.4) is 0 Å². The van der Waals surface area contributed by atoms with Crippen molar-refractivity contribution in [2.24, 2.45) is 0 Å². The Balaban J connectivity index is 2.93. The fourth-order valence-corrected chi connectivity index (χ4v) is 2.72. The Morgan fingerprint density at radius 3 is 2.69 bits per heavy atom. The van der Waals surface area contributed by atoms with Gasteiger partial charge in [-0.05, 0) is 25.2 Å². The van der Waals surface area contributed by atoms with Crippen LogP contribution in [0.2, 0.25) is 0 Å². The standard InChI is InChI=1S/C9H12BrFN2O2S/c1-12-4-5-13-16(14,15)9-6-7(10)2-3-8(9)11/h2-3,6,12-13H,4-5H2,1H3. The molecule has 0 aliphatic heterocycles. The summed E-state index contributed by atoms with van der Waals surface area (Å²) in [7, 11) is -2.08. The lowest BCUT2D eigenvalue weighted by atomic mass is 10.3. The number of hydrogen-bond donors (Lipinski definition) is 2. The Morgan fingerprint density at radius 1 is 1.38 bits per heavy atom. The Bertz CT molecular complexity index is 465. The normalized spacial score (nSPS) is 11.7. The molecule has 16 heavy (non-hydrogen) atoms. The number of halogens is 2. The number of benzene rings is 1. The molecule has 0 radical (unpaired) electrons. The van der Waals surface area contributed by atoms with Gasteiger partial charge in [-0.15, -0.1) is 0 Å². The van der Waals surface area contributed by atoms with Gasteiger partial charge >= 0.3 is 0 Å². The van der Waals surface area contributed by atoms with E-state index < -0.39 is 15.8 Å². The molecule has 4 nitrogen and oxygen atoms in total. The zero-order valence-electron chi connectivity index (χ0n) is 8.63. The quantitative estimate of drug-likeness (QED) is 0.800. The summed E-state index contributed by atoms with van der Waals surface area (Å²) in [4.78, 5) is -0.349. The van der Waals surface area contributed by atoms with Gasteiger partial charge in [-0.3, -0.25) is 0 Å². The molecule has 0 aliphatic carbocycles. The van der Waals surface area contributed by atoms with Crippen molar-refractivity contribution in [2.75, 3.05) is 20.1 Å². The summed E-state index contributed by atoms with van der Waals surface area (Å²) in [6, 6.07) is 3.79. The summed E-state index contributed by atoms with van der Waals surface area (Å²) in [5.41, 5.74) is 0. The largest absolute Gasteiger partial charge is 0.318 e. The molecule has 0 heterocycles. The number of rotatable bonds is 5. The molecule has 7 heteroatoms. The van der Waals surface area contributed by atoms with Crippen molar-refractivity contribution in [1.29, 1.82) is 0 Å². The molecule has 1 rings (SSSR count). The van der Waals surface area contributed by atoms with E-state index in [1.54, 1.807) is 7.05 Å². The monoisotopic (exact) mass is 310 g/mol. The molecule has 0 unspecified atom stereocenters.